The van der Waals surface area contributed by atoms with E-state index >= 15 is 0 Å². The highest BCUT2D eigenvalue weighted by Gasteiger charge is 2.15. The van der Waals surface area contributed by atoms with Gasteiger partial charge in [0.25, 0.3) is 5.56 Å². The molecular formula is C26H21Br3IN3O2. The molecule has 0 bridgehead atoms. The van der Waals surface area contributed by atoms with Crippen molar-refractivity contribution in [1.82, 2.24) is 9.66 Å². The Bertz CT molecular complexity index is 1490. The van der Waals surface area contributed by atoms with Crippen LogP contribution in [0.5, 0.6) is 5.75 Å². The number of benzene rings is 3. The van der Waals surface area contributed by atoms with E-state index in [4.69, 9.17) is 9.72 Å². The van der Waals surface area contributed by atoms with Crippen molar-refractivity contribution in [3.05, 3.63) is 98.9 Å². The first-order valence-electron chi connectivity index (χ1n) is 10.9. The van der Waals surface area contributed by atoms with Crippen LogP contribution in [0.3, 0.4) is 0 Å². The molecular weight excluding hydrogens is 753 g/mol. The Morgan fingerprint density at radius 2 is 1.83 bits per heavy atom. The molecule has 0 aliphatic carbocycles. The number of nitrogens with zero attached hydrogens (tertiary/aromatic N) is 3. The molecule has 0 N–H and O–H groups in total. The lowest BCUT2D eigenvalue weighted by molar-refractivity contribution is 0.303. The molecule has 9 heteroatoms. The maximum atomic E-state index is 13.3. The van der Waals surface area contributed by atoms with Crippen LogP contribution in [-0.4, -0.2) is 15.9 Å². The van der Waals surface area contributed by atoms with Gasteiger partial charge in [-0.05, 0) is 83.1 Å². The average molecular weight is 774 g/mol. The average Bonchev–Trinajstić information content (AvgIpc) is 2.83. The fourth-order valence-electron chi connectivity index (χ4n) is 3.41. The Morgan fingerprint density at radius 3 is 2.54 bits per heavy atom. The zero-order valence-corrected chi connectivity index (χ0v) is 25.9. The van der Waals surface area contributed by atoms with E-state index in [2.05, 4.69) is 89.3 Å². The van der Waals surface area contributed by atoms with E-state index in [1.165, 1.54) is 4.68 Å². The number of hydrogen-bond acceptors (Lipinski definition) is 4. The molecule has 35 heavy (non-hydrogen) atoms. The normalized spacial score (nSPS) is 12.4. The van der Waals surface area contributed by atoms with Crippen molar-refractivity contribution >= 4 is 87.5 Å². The van der Waals surface area contributed by atoms with Crippen LogP contribution >= 0.6 is 70.4 Å². The van der Waals surface area contributed by atoms with Gasteiger partial charge in [0.05, 0.1) is 20.7 Å². The zero-order chi connectivity index (χ0) is 25.1. The monoisotopic (exact) mass is 771 g/mol. The van der Waals surface area contributed by atoms with E-state index in [9.17, 15) is 4.79 Å². The maximum absolute atomic E-state index is 13.3. The molecule has 0 radical (unpaired) electrons. The van der Waals surface area contributed by atoms with Crippen LogP contribution in [-0.2, 0) is 6.61 Å². The van der Waals surface area contributed by atoms with Crippen LogP contribution in [0.15, 0.2) is 77.9 Å². The highest BCUT2D eigenvalue weighted by atomic mass is 127. The van der Waals surface area contributed by atoms with Crippen LogP contribution in [0.2, 0.25) is 0 Å². The molecule has 0 spiro atoms. The predicted molar refractivity (Wildman–Crippen MR) is 161 cm³/mol. The minimum absolute atomic E-state index is 0.0849. The number of ether oxygens (including phenoxy) is 1. The van der Waals surface area contributed by atoms with Crippen LogP contribution in [0.4, 0.5) is 0 Å². The number of halogens is 4. The number of aromatic nitrogens is 2. The van der Waals surface area contributed by atoms with Crippen LogP contribution in [0, 0.1) is 3.57 Å². The number of hydrogen-bond donors (Lipinski definition) is 0. The maximum Gasteiger partial charge on any atom is 0.282 e. The molecule has 1 heterocycles. The van der Waals surface area contributed by atoms with E-state index in [-0.39, 0.29) is 11.5 Å². The minimum Gasteiger partial charge on any atom is -0.488 e. The summed E-state index contributed by atoms with van der Waals surface area (Å²) in [7, 11) is 0. The SMILES string of the molecule is CC[C@@H](C)c1nc2ccc(Br)cc2c(=O)n1N=Cc1ccc(OCc2ccc(Br)cc2Br)c(I)c1. The molecule has 1 atom stereocenters. The van der Waals surface area contributed by atoms with E-state index in [1.807, 2.05) is 48.5 Å². The van der Waals surface area contributed by atoms with Crippen molar-refractivity contribution in [2.45, 2.75) is 32.8 Å². The third kappa shape index (κ3) is 6.23. The quantitative estimate of drug-likeness (QED) is 0.141. The smallest absolute Gasteiger partial charge is 0.282 e. The lowest BCUT2D eigenvalue weighted by atomic mass is 10.1. The molecule has 0 amide bonds. The Morgan fingerprint density at radius 1 is 1.09 bits per heavy atom. The van der Waals surface area contributed by atoms with Crippen molar-refractivity contribution in [1.29, 1.82) is 0 Å². The van der Waals surface area contributed by atoms with Gasteiger partial charge in [0.2, 0.25) is 0 Å². The van der Waals surface area contributed by atoms with Gasteiger partial charge >= 0.3 is 0 Å². The van der Waals surface area contributed by atoms with E-state index in [0.29, 0.717) is 23.3 Å². The van der Waals surface area contributed by atoms with Gasteiger partial charge in [-0.2, -0.15) is 9.78 Å². The van der Waals surface area contributed by atoms with Crippen LogP contribution < -0.4 is 10.3 Å². The molecule has 3 aromatic carbocycles. The predicted octanol–water partition coefficient (Wildman–Crippen LogP) is 8.26. The summed E-state index contributed by atoms with van der Waals surface area (Å²) >= 11 is 12.7. The highest BCUT2D eigenvalue weighted by molar-refractivity contribution is 14.1. The van der Waals surface area contributed by atoms with E-state index < -0.39 is 0 Å². The Hall–Kier alpha value is -1.56. The molecule has 0 fully saturated rings. The summed E-state index contributed by atoms with van der Waals surface area (Å²) in [6.07, 6.45) is 2.54. The van der Waals surface area contributed by atoms with Gasteiger partial charge in [-0.25, -0.2) is 4.98 Å². The first-order chi connectivity index (χ1) is 16.8. The molecule has 180 valence electrons. The third-order valence-electron chi connectivity index (χ3n) is 5.56. The first kappa shape index (κ1) is 26.5. The van der Waals surface area contributed by atoms with Gasteiger partial charge in [-0.1, -0.05) is 67.7 Å². The lowest BCUT2D eigenvalue weighted by Crippen LogP contribution is -2.23. The molecule has 0 unspecified atom stereocenters. The summed E-state index contributed by atoms with van der Waals surface area (Å²) in [6, 6.07) is 17.4. The van der Waals surface area contributed by atoms with Gasteiger partial charge in [-0.15, -0.1) is 0 Å². The second-order valence-corrected chi connectivity index (χ2v) is 11.9. The topological polar surface area (TPSA) is 56.5 Å². The standard InChI is InChI=1S/C26H21Br3IN3O2/c1-3-15(2)25-32-23-8-7-18(27)11-20(23)26(34)33(25)31-13-16-4-9-24(22(30)10-16)35-14-17-5-6-19(28)12-21(17)29/h4-13,15H,3,14H2,1-2H3/t15-/m1/s1. The minimum atomic E-state index is -0.183. The Kier molecular flexibility index (Phi) is 8.83. The van der Waals surface area contributed by atoms with Gasteiger partial charge < -0.3 is 4.74 Å². The number of fused-ring (bicyclic) bond motifs is 1. The second-order valence-electron chi connectivity index (χ2n) is 8.02. The molecule has 4 aromatic rings. The molecule has 0 aliphatic heterocycles. The van der Waals surface area contributed by atoms with Gasteiger partial charge in [0, 0.05) is 24.9 Å². The summed E-state index contributed by atoms with van der Waals surface area (Å²) in [5.41, 5.74) is 2.41. The van der Waals surface area contributed by atoms with Crippen molar-refractivity contribution in [2.24, 2.45) is 5.10 Å². The second kappa shape index (κ2) is 11.7. The zero-order valence-electron chi connectivity index (χ0n) is 18.9. The van der Waals surface area contributed by atoms with E-state index in [1.54, 1.807) is 12.3 Å². The van der Waals surface area contributed by atoms with Crippen molar-refractivity contribution in [3.63, 3.8) is 0 Å². The van der Waals surface area contributed by atoms with Crippen molar-refractivity contribution < 1.29 is 4.74 Å². The molecule has 4 rings (SSSR count). The first-order valence-corrected chi connectivity index (χ1v) is 14.4. The van der Waals surface area contributed by atoms with Crippen LogP contribution in [0.1, 0.15) is 43.1 Å². The lowest BCUT2D eigenvalue weighted by Gasteiger charge is -2.14. The summed E-state index contributed by atoms with van der Waals surface area (Å²) in [5, 5.41) is 5.08. The van der Waals surface area contributed by atoms with Crippen molar-refractivity contribution in [3.8, 4) is 5.75 Å². The highest BCUT2D eigenvalue weighted by Crippen LogP contribution is 2.26. The summed E-state index contributed by atoms with van der Waals surface area (Å²) in [6.45, 7) is 4.57. The number of rotatable bonds is 7. The summed E-state index contributed by atoms with van der Waals surface area (Å²) in [5.74, 6) is 1.52. The van der Waals surface area contributed by atoms with Crippen molar-refractivity contribution in [2.75, 3.05) is 0 Å². The molecule has 0 saturated carbocycles. The fourth-order valence-corrected chi connectivity index (χ4v) is 5.63. The molecule has 1 aromatic heterocycles. The molecule has 0 saturated heterocycles. The van der Waals surface area contributed by atoms with Crippen LogP contribution in [0.25, 0.3) is 10.9 Å². The van der Waals surface area contributed by atoms with E-state index in [0.717, 1.165) is 40.3 Å². The van der Waals surface area contributed by atoms with Gasteiger partial charge in [0.1, 0.15) is 18.2 Å². The Balaban J connectivity index is 1.62. The molecule has 0 aliphatic rings. The third-order valence-corrected chi connectivity index (χ3v) is 8.13. The Labute approximate surface area is 242 Å². The molecule has 5 nitrogen and oxygen atoms in total. The summed E-state index contributed by atoms with van der Waals surface area (Å²) in [4.78, 5) is 18.1. The largest absolute Gasteiger partial charge is 0.488 e. The summed E-state index contributed by atoms with van der Waals surface area (Å²) < 4.78 is 11.2. The van der Waals surface area contributed by atoms with Gasteiger partial charge in [-0.3, -0.25) is 4.79 Å². The fraction of sp³-hybridized carbons (Fsp3) is 0.192. The van der Waals surface area contributed by atoms with Gasteiger partial charge in [0.15, 0.2) is 0 Å².